The molecule has 0 aromatic heterocycles. The average Bonchev–Trinajstić information content (AvgIpc) is 2.76. The smallest absolute Gasteiger partial charge is 0.282 e. The van der Waals surface area contributed by atoms with E-state index in [4.69, 9.17) is 4.74 Å². The highest BCUT2D eigenvalue weighted by Crippen LogP contribution is 2.35. The maximum absolute atomic E-state index is 12.9. The molecule has 0 aliphatic carbocycles. The number of hydrazone groups is 1. The van der Waals surface area contributed by atoms with Crippen LogP contribution >= 0.6 is 0 Å². The van der Waals surface area contributed by atoms with Gasteiger partial charge in [-0.05, 0) is 54.4 Å². The van der Waals surface area contributed by atoms with Crippen molar-refractivity contribution < 1.29 is 19.2 Å². The van der Waals surface area contributed by atoms with E-state index in [9.17, 15) is 19.7 Å². The molecule has 0 atom stereocenters. The quantitative estimate of drug-likeness (QED) is 0.266. The molecule has 2 amide bonds. The maximum Gasteiger partial charge on any atom is 0.282 e. The van der Waals surface area contributed by atoms with E-state index in [2.05, 4.69) is 5.10 Å². The first kappa shape index (κ1) is 19.3. The van der Waals surface area contributed by atoms with Gasteiger partial charge in [0.05, 0.1) is 34.3 Å². The molecule has 0 bridgehead atoms. The Hall–Kier alpha value is -4.07. The fourth-order valence-corrected chi connectivity index (χ4v) is 3.33. The van der Waals surface area contributed by atoms with Crippen LogP contribution < -0.4 is 4.74 Å². The molecule has 8 heteroatoms. The Morgan fingerprint density at radius 2 is 1.73 bits per heavy atom. The summed E-state index contributed by atoms with van der Waals surface area (Å²) < 4.78 is 5.53. The van der Waals surface area contributed by atoms with E-state index < -0.39 is 16.7 Å². The molecule has 3 aromatic carbocycles. The van der Waals surface area contributed by atoms with Gasteiger partial charge in [-0.2, -0.15) is 10.1 Å². The van der Waals surface area contributed by atoms with Crippen molar-refractivity contribution in [3.05, 3.63) is 81.4 Å². The van der Waals surface area contributed by atoms with Crippen LogP contribution in [-0.2, 0) is 0 Å². The normalized spacial score (nSPS) is 13.3. The van der Waals surface area contributed by atoms with Gasteiger partial charge in [-0.3, -0.25) is 19.7 Å². The monoisotopic (exact) mass is 403 g/mol. The number of amides is 2. The average molecular weight is 403 g/mol. The molecule has 4 rings (SSSR count). The molecule has 30 heavy (non-hydrogen) atoms. The van der Waals surface area contributed by atoms with Gasteiger partial charge in [0.2, 0.25) is 0 Å². The summed E-state index contributed by atoms with van der Waals surface area (Å²) >= 11 is 0. The van der Waals surface area contributed by atoms with Gasteiger partial charge in [0, 0.05) is 11.5 Å². The second kappa shape index (κ2) is 7.75. The van der Waals surface area contributed by atoms with Crippen molar-refractivity contribution >= 4 is 34.5 Å². The molecule has 0 saturated heterocycles. The van der Waals surface area contributed by atoms with E-state index >= 15 is 0 Å². The highest BCUT2D eigenvalue weighted by Gasteiger charge is 2.34. The summed E-state index contributed by atoms with van der Waals surface area (Å²) in [5, 5.41) is 16.7. The van der Waals surface area contributed by atoms with Crippen LogP contribution in [0, 0.1) is 10.1 Å². The summed E-state index contributed by atoms with van der Waals surface area (Å²) in [4.78, 5) is 36.6. The largest absolute Gasteiger partial charge is 0.494 e. The number of nitro benzene ring substituents is 1. The van der Waals surface area contributed by atoms with Gasteiger partial charge in [-0.15, -0.1) is 0 Å². The van der Waals surface area contributed by atoms with Gasteiger partial charge in [0.1, 0.15) is 5.75 Å². The van der Waals surface area contributed by atoms with Crippen LogP contribution in [-0.4, -0.2) is 34.6 Å². The van der Waals surface area contributed by atoms with Crippen LogP contribution in [0.5, 0.6) is 5.75 Å². The molecule has 0 spiro atoms. The lowest BCUT2D eigenvalue weighted by Crippen LogP contribution is -2.36. The molecule has 0 N–H and O–H groups in total. The Morgan fingerprint density at radius 1 is 1.03 bits per heavy atom. The maximum atomic E-state index is 12.9. The SMILES string of the molecule is CCCOc1ccc(/C=N\N2C(=O)c3cccc4c([N+](=O)[O-])ccc(c34)C2=O)cc1. The van der Waals surface area contributed by atoms with E-state index in [1.54, 1.807) is 30.3 Å². The summed E-state index contributed by atoms with van der Waals surface area (Å²) in [6.45, 7) is 2.64. The topological polar surface area (TPSA) is 102 Å². The second-order valence-electron chi connectivity index (χ2n) is 6.70. The van der Waals surface area contributed by atoms with Crippen LogP contribution in [0.25, 0.3) is 10.8 Å². The van der Waals surface area contributed by atoms with E-state index in [0.717, 1.165) is 17.2 Å². The number of benzene rings is 3. The van der Waals surface area contributed by atoms with Gasteiger partial charge in [0.15, 0.2) is 0 Å². The fourth-order valence-electron chi connectivity index (χ4n) is 3.33. The summed E-state index contributed by atoms with van der Waals surface area (Å²) in [6.07, 6.45) is 2.32. The van der Waals surface area contributed by atoms with Gasteiger partial charge in [0.25, 0.3) is 17.5 Å². The number of non-ortho nitro benzene ring substituents is 1. The molecule has 0 unspecified atom stereocenters. The zero-order chi connectivity index (χ0) is 21.3. The predicted octanol–water partition coefficient (Wildman–Crippen LogP) is 4.17. The standard InChI is InChI=1S/C22H17N3O5/c1-2-12-30-15-8-6-14(7-9-15)13-23-24-21(26)17-5-3-4-16-19(25(28)29)11-10-18(20(16)17)22(24)27/h3-11,13H,2,12H2,1H3/b23-13-. The molecule has 0 saturated carbocycles. The highest BCUT2D eigenvalue weighted by atomic mass is 16.6. The first-order chi connectivity index (χ1) is 14.5. The van der Waals surface area contributed by atoms with E-state index in [0.29, 0.717) is 12.2 Å². The summed E-state index contributed by atoms with van der Waals surface area (Å²) in [5.41, 5.74) is 0.934. The van der Waals surface area contributed by atoms with Crippen molar-refractivity contribution in [2.75, 3.05) is 6.61 Å². The zero-order valence-corrected chi connectivity index (χ0v) is 16.1. The number of nitro groups is 1. The first-order valence-corrected chi connectivity index (χ1v) is 9.37. The minimum absolute atomic E-state index is 0.154. The lowest BCUT2D eigenvalue weighted by molar-refractivity contribution is -0.383. The Bertz CT molecular complexity index is 1180. The molecule has 1 heterocycles. The summed E-state index contributed by atoms with van der Waals surface area (Å²) in [6, 6.07) is 14.4. The minimum Gasteiger partial charge on any atom is -0.494 e. The fraction of sp³-hybridized carbons (Fsp3) is 0.136. The Morgan fingerprint density at radius 3 is 2.40 bits per heavy atom. The van der Waals surface area contributed by atoms with E-state index in [1.165, 1.54) is 30.5 Å². The third-order valence-corrected chi connectivity index (χ3v) is 4.74. The number of hydrogen-bond acceptors (Lipinski definition) is 6. The van der Waals surface area contributed by atoms with E-state index in [1.807, 2.05) is 6.92 Å². The van der Waals surface area contributed by atoms with Crippen molar-refractivity contribution in [3.8, 4) is 5.75 Å². The number of nitrogens with zero attached hydrogens (tertiary/aromatic N) is 3. The molecule has 3 aromatic rings. The van der Waals surface area contributed by atoms with Crippen molar-refractivity contribution in [3.63, 3.8) is 0 Å². The highest BCUT2D eigenvalue weighted by molar-refractivity contribution is 6.26. The van der Waals surface area contributed by atoms with Crippen LogP contribution in [0.4, 0.5) is 5.69 Å². The van der Waals surface area contributed by atoms with Gasteiger partial charge < -0.3 is 4.74 Å². The molecule has 0 fully saturated rings. The molecule has 8 nitrogen and oxygen atoms in total. The Labute approximate surface area is 171 Å². The van der Waals surface area contributed by atoms with Crippen LogP contribution in [0.15, 0.2) is 59.7 Å². The number of imide groups is 1. The lowest BCUT2D eigenvalue weighted by Gasteiger charge is -2.22. The van der Waals surface area contributed by atoms with Crippen LogP contribution in [0.2, 0.25) is 0 Å². The summed E-state index contributed by atoms with van der Waals surface area (Å²) in [7, 11) is 0. The van der Waals surface area contributed by atoms with Crippen molar-refractivity contribution in [2.24, 2.45) is 5.10 Å². The van der Waals surface area contributed by atoms with Crippen LogP contribution in [0.3, 0.4) is 0 Å². The molecule has 1 aliphatic rings. The second-order valence-corrected chi connectivity index (χ2v) is 6.70. The van der Waals surface area contributed by atoms with Gasteiger partial charge in [-0.1, -0.05) is 13.0 Å². The number of carbonyl (C=O) groups is 2. The number of ether oxygens (including phenoxy) is 1. The zero-order valence-electron chi connectivity index (χ0n) is 16.1. The van der Waals surface area contributed by atoms with Gasteiger partial charge in [-0.25, -0.2) is 0 Å². The van der Waals surface area contributed by atoms with E-state index in [-0.39, 0.29) is 27.6 Å². The summed E-state index contributed by atoms with van der Waals surface area (Å²) in [5.74, 6) is -0.531. The molecular weight excluding hydrogens is 386 g/mol. The molecule has 150 valence electrons. The molecular formula is C22H17N3O5. The van der Waals surface area contributed by atoms with Crippen LogP contribution in [0.1, 0.15) is 39.6 Å². The minimum atomic E-state index is -0.627. The first-order valence-electron chi connectivity index (χ1n) is 9.37. The molecule has 0 radical (unpaired) electrons. The van der Waals surface area contributed by atoms with Crippen molar-refractivity contribution in [2.45, 2.75) is 13.3 Å². The lowest BCUT2D eigenvalue weighted by atomic mass is 9.94. The Balaban J connectivity index is 1.67. The number of rotatable bonds is 6. The number of carbonyl (C=O) groups excluding carboxylic acids is 2. The molecule has 1 aliphatic heterocycles. The predicted molar refractivity (Wildman–Crippen MR) is 111 cm³/mol. The number of hydrogen-bond donors (Lipinski definition) is 0. The Kier molecular flexibility index (Phi) is 4.97. The third kappa shape index (κ3) is 3.28. The van der Waals surface area contributed by atoms with Crippen molar-refractivity contribution in [1.29, 1.82) is 0 Å². The van der Waals surface area contributed by atoms with Gasteiger partial charge >= 0.3 is 0 Å². The third-order valence-electron chi connectivity index (χ3n) is 4.74. The van der Waals surface area contributed by atoms with Crippen molar-refractivity contribution in [1.82, 2.24) is 5.01 Å².